The van der Waals surface area contributed by atoms with E-state index >= 15 is 0 Å². The normalized spacial score (nSPS) is 13.2. The molecule has 0 atom stereocenters. The molecular formula is C10H20F3NO. The van der Waals surface area contributed by atoms with Gasteiger partial charge in [0.25, 0.3) is 0 Å². The van der Waals surface area contributed by atoms with Gasteiger partial charge in [-0.2, -0.15) is 13.2 Å². The van der Waals surface area contributed by atoms with Gasteiger partial charge in [0.15, 0.2) is 0 Å². The maximum absolute atomic E-state index is 11.7. The summed E-state index contributed by atoms with van der Waals surface area (Å²) in [7, 11) is 0. The van der Waals surface area contributed by atoms with Crippen LogP contribution in [0.1, 0.15) is 33.6 Å². The van der Waals surface area contributed by atoms with Crippen LogP contribution in [-0.2, 0) is 4.74 Å². The summed E-state index contributed by atoms with van der Waals surface area (Å²) < 4.78 is 39.5. The molecule has 0 bridgehead atoms. The van der Waals surface area contributed by atoms with Gasteiger partial charge in [0.05, 0.1) is 0 Å². The molecule has 0 amide bonds. The van der Waals surface area contributed by atoms with E-state index in [0.29, 0.717) is 13.0 Å². The zero-order valence-corrected chi connectivity index (χ0v) is 9.58. The van der Waals surface area contributed by atoms with Crippen LogP contribution in [0.15, 0.2) is 0 Å². The van der Waals surface area contributed by atoms with E-state index in [1.165, 1.54) is 0 Å². The van der Waals surface area contributed by atoms with Crippen molar-refractivity contribution < 1.29 is 17.9 Å². The Bertz CT molecular complexity index is 169. The summed E-state index contributed by atoms with van der Waals surface area (Å²) in [5.41, 5.74) is 0.0457. The van der Waals surface area contributed by atoms with Crippen molar-refractivity contribution in [2.45, 2.75) is 45.3 Å². The van der Waals surface area contributed by atoms with Crippen molar-refractivity contribution in [2.24, 2.45) is 0 Å². The van der Waals surface area contributed by atoms with E-state index in [0.717, 1.165) is 6.42 Å². The number of rotatable bonds is 7. The molecule has 92 valence electrons. The Kier molecular flexibility index (Phi) is 6.20. The number of hydrogen-bond acceptors (Lipinski definition) is 2. The fraction of sp³-hybridized carbons (Fsp3) is 1.00. The SMILES string of the molecule is CCC(C)(C)NCCCOCC(F)(F)F. The molecule has 1 N–H and O–H groups in total. The minimum Gasteiger partial charge on any atom is -0.372 e. The molecule has 5 heteroatoms. The minimum absolute atomic E-state index is 0.0457. The summed E-state index contributed by atoms with van der Waals surface area (Å²) >= 11 is 0. The zero-order valence-electron chi connectivity index (χ0n) is 9.58. The highest BCUT2D eigenvalue weighted by Crippen LogP contribution is 2.14. The molecule has 0 aliphatic rings. The Labute approximate surface area is 89.2 Å². The predicted octanol–water partition coefficient (Wildman–Crippen LogP) is 2.73. The minimum atomic E-state index is -4.21. The molecule has 0 spiro atoms. The Morgan fingerprint density at radius 1 is 1.20 bits per heavy atom. The first-order valence-corrected chi connectivity index (χ1v) is 5.16. The van der Waals surface area contributed by atoms with Gasteiger partial charge in [-0.25, -0.2) is 0 Å². The highest BCUT2D eigenvalue weighted by atomic mass is 19.4. The van der Waals surface area contributed by atoms with Crippen molar-refractivity contribution in [3.8, 4) is 0 Å². The molecule has 0 aliphatic heterocycles. The molecule has 2 nitrogen and oxygen atoms in total. The Balaban J connectivity index is 3.33. The van der Waals surface area contributed by atoms with Gasteiger partial charge in [0.1, 0.15) is 6.61 Å². The summed E-state index contributed by atoms with van der Waals surface area (Å²) in [5.74, 6) is 0. The van der Waals surface area contributed by atoms with Crippen LogP contribution in [0.4, 0.5) is 13.2 Å². The molecule has 0 aromatic carbocycles. The van der Waals surface area contributed by atoms with E-state index in [-0.39, 0.29) is 12.1 Å². The van der Waals surface area contributed by atoms with Gasteiger partial charge in [-0.05, 0) is 33.2 Å². The van der Waals surface area contributed by atoms with Crippen LogP contribution < -0.4 is 5.32 Å². The lowest BCUT2D eigenvalue weighted by atomic mass is 10.0. The highest BCUT2D eigenvalue weighted by Gasteiger charge is 2.27. The molecule has 0 aromatic heterocycles. The third-order valence-electron chi connectivity index (χ3n) is 2.22. The second-order valence-electron chi connectivity index (χ2n) is 4.19. The number of alkyl halides is 3. The van der Waals surface area contributed by atoms with Crippen molar-refractivity contribution in [1.29, 1.82) is 0 Å². The lowest BCUT2D eigenvalue weighted by molar-refractivity contribution is -0.174. The Morgan fingerprint density at radius 2 is 1.80 bits per heavy atom. The van der Waals surface area contributed by atoms with Gasteiger partial charge in [0.2, 0.25) is 0 Å². The summed E-state index contributed by atoms with van der Waals surface area (Å²) in [6.45, 7) is 5.86. The average molecular weight is 227 g/mol. The molecule has 0 fully saturated rings. The van der Waals surface area contributed by atoms with E-state index in [4.69, 9.17) is 0 Å². The van der Waals surface area contributed by atoms with Crippen LogP contribution in [0.2, 0.25) is 0 Å². The van der Waals surface area contributed by atoms with E-state index in [9.17, 15) is 13.2 Å². The fourth-order valence-electron chi connectivity index (χ4n) is 0.914. The zero-order chi connectivity index (χ0) is 11.9. The van der Waals surface area contributed by atoms with Gasteiger partial charge in [-0.1, -0.05) is 6.92 Å². The second kappa shape index (κ2) is 6.33. The summed E-state index contributed by atoms with van der Waals surface area (Å²) in [4.78, 5) is 0. The van der Waals surface area contributed by atoms with E-state index in [1.807, 2.05) is 0 Å². The first-order valence-electron chi connectivity index (χ1n) is 5.16. The van der Waals surface area contributed by atoms with Gasteiger partial charge in [-0.15, -0.1) is 0 Å². The fourth-order valence-corrected chi connectivity index (χ4v) is 0.914. The third-order valence-corrected chi connectivity index (χ3v) is 2.22. The van der Waals surface area contributed by atoms with Crippen LogP contribution in [-0.4, -0.2) is 31.5 Å². The second-order valence-corrected chi connectivity index (χ2v) is 4.19. The first kappa shape index (κ1) is 14.7. The van der Waals surface area contributed by atoms with E-state index in [2.05, 4.69) is 30.8 Å². The molecule has 15 heavy (non-hydrogen) atoms. The standard InChI is InChI=1S/C10H20F3NO/c1-4-9(2,3)14-6-5-7-15-8-10(11,12)13/h14H,4-8H2,1-3H3. The summed E-state index contributed by atoms with van der Waals surface area (Å²) in [6.07, 6.45) is -2.63. The van der Waals surface area contributed by atoms with Crippen LogP contribution >= 0.6 is 0 Å². The van der Waals surface area contributed by atoms with Crippen molar-refractivity contribution in [3.63, 3.8) is 0 Å². The molecule has 0 saturated carbocycles. The van der Waals surface area contributed by atoms with Crippen molar-refractivity contribution >= 4 is 0 Å². The van der Waals surface area contributed by atoms with Crippen molar-refractivity contribution in [1.82, 2.24) is 5.32 Å². The summed E-state index contributed by atoms with van der Waals surface area (Å²) in [6, 6.07) is 0. The van der Waals surface area contributed by atoms with Gasteiger partial charge >= 0.3 is 6.18 Å². The maximum atomic E-state index is 11.7. The van der Waals surface area contributed by atoms with Crippen molar-refractivity contribution in [2.75, 3.05) is 19.8 Å². The predicted molar refractivity (Wildman–Crippen MR) is 53.9 cm³/mol. The quantitative estimate of drug-likeness (QED) is 0.675. The van der Waals surface area contributed by atoms with Crippen LogP contribution in [0.3, 0.4) is 0 Å². The largest absolute Gasteiger partial charge is 0.411 e. The molecular weight excluding hydrogens is 207 g/mol. The maximum Gasteiger partial charge on any atom is 0.411 e. The molecule has 0 aliphatic carbocycles. The van der Waals surface area contributed by atoms with E-state index < -0.39 is 12.8 Å². The molecule has 0 heterocycles. The lowest BCUT2D eigenvalue weighted by Crippen LogP contribution is -2.39. The topological polar surface area (TPSA) is 21.3 Å². The summed E-state index contributed by atoms with van der Waals surface area (Å²) in [5, 5.41) is 3.25. The monoisotopic (exact) mass is 227 g/mol. The van der Waals surface area contributed by atoms with Crippen molar-refractivity contribution in [3.05, 3.63) is 0 Å². The van der Waals surface area contributed by atoms with Crippen LogP contribution in [0.5, 0.6) is 0 Å². The molecule has 0 saturated heterocycles. The molecule has 0 unspecified atom stereocenters. The molecule has 0 rings (SSSR count). The molecule has 0 radical (unpaired) electrons. The molecule has 0 aromatic rings. The number of ether oxygens (including phenoxy) is 1. The van der Waals surface area contributed by atoms with Gasteiger partial charge in [-0.3, -0.25) is 0 Å². The highest BCUT2D eigenvalue weighted by molar-refractivity contribution is 4.74. The van der Waals surface area contributed by atoms with E-state index in [1.54, 1.807) is 0 Å². The Morgan fingerprint density at radius 3 is 2.27 bits per heavy atom. The first-order chi connectivity index (χ1) is 6.77. The average Bonchev–Trinajstić information content (AvgIpc) is 2.09. The van der Waals surface area contributed by atoms with Crippen LogP contribution in [0, 0.1) is 0 Å². The number of nitrogens with one attached hydrogen (secondary N) is 1. The lowest BCUT2D eigenvalue weighted by Gasteiger charge is -2.24. The van der Waals surface area contributed by atoms with Crippen LogP contribution in [0.25, 0.3) is 0 Å². The Hall–Kier alpha value is -0.290. The number of halogens is 3. The van der Waals surface area contributed by atoms with Gasteiger partial charge in [0, 0.05) is 12.1 Å². The third kappa shape index (κ3) is 10.0. The smallest absolute Gasteiger partial charge is 0.372 e. The van der Waals surface area contributed by atoms with Gasteiger partial charge < -0.3 is 10.1 Å². The number of hydrogen-bond donors (Lipinski definition) is 1.